The van der Waals surface area contributed by atoms with Gasteiger partial charge in [-0.2, -0.15) is 0 Å². The van der Waals surface area contributed by atoms with E-state index >= 15 is 0 Å². The predicted octanol–water partition coefficient (Wildman–Crippen LogP) is 3.52. The lowest BCUT2D eigenvalue weighted by Crippen LogP contribution is -2.00. The zero-order chi connectivity index (χ0) is 13.3. The Labute approximate surface area is 104 Å². The largest absolute Gasteiger partial charge is 0.393 e. The van der Waals surface area contributed by atoms with Gasteiger partial charge in [0.05, 0.1) is 4.92 Å². The van der Waals surface area contributed by atoms with Gasteiger partial charge in [-0.3, -0.25) is 10.1 Å². The molecule has 94 valence electrons. The van der Waals surface area contributed by atoms with Crippen LogP contribution in [-0.2, 0) is 0 Å². The molecule has 1 aliphatic carbocycles. The smallest absolute Gasteiger partial charge is 0.293 e. The SMILES string of the molecule is Cc1cc(C2=C(F)CCC=C2)cc([N+](=O)[O-])c1N. The third-order valence-corrected chi connectivity index (χ3v) is 2.98. The molecule has 0 aromatic heterocycles. The lowest BCUT2D eigenvalue weighted by atomic mass is 9.96. The minimum absolute atomic E-state index is 0.129. The Hall–Kier alpha value is -2.17. The van der Waals surface area contributed by atoms with E-state index in [1.807, 2.05) is 6.08 Å². The second-order valence-corrected chi connectivity index (χ2v) is 4.24. The Kier molecular flexibility index (Phi) is 3.14. The van der Waals surface area contributed by atoms with E-state index in [0.717, 1.165) is 0 Å². The molecule has 1 aromatic carbocycles. The maximum Gasteiger partial charge on any atom is 0.293 e. The molecule has 2 rings (SSSR count). The van der Waals surface area contributed by atoms with Crippen molar-refractivity contribution < 1.29 is 9.31 Å². The molecule has 1 aliphatic rings. The fourth-order valence-corrected chi connectivity index (χ4v) is 1.98. The van der Waals surface area contributed by atoms with E-state index in [2.05, 4.69) is 0 Å². The Morgan fingerprint density at radius 2 is 2.17 bits per heavy atom. The van der Waals surface area contributed by atoms with Crippen LogP contribution in [0.4, 0.5) is 15.8 Å². The molecule has 0 saturated heterocycles. The minimum atomic E-state index is -0.545. The van der Waals surface area contributed by atoms with Crippen LogP contribution in [0.1, 0.15) is 24.0 Å². The molecule has 5 heteroatoms. The van der Waals surface area contributed by atoms with Crippen LogP contribution in [0.15, 0.2) is 30.1 Å². The molecular formula is C13H13FN2O2. The van der Waals surface area contributed by atoms with E-state index in [9.17, 15) is 14.5 Å². The number of aryl methyl sites for hydroxylation is 1. The first-order chi connectivity index (χ1) is 8.50. The first-order valence-corrected chi connectivity index (χ1v) is 5.60. The van der Waals surface area contributed by atoms with Crippen molar-refractivity contribution in [3.63, 3.8) is 0 Å². The molecule has 0 amide bonds. The summed E-state index contributed by atoms with van der Waals surface area (Å²) in [6, 6.07) is 3.00. The summed E-state index contributed by atoms with van der Waals surface area (Å²) >= 11 is 0. The number of allylic oxidation sites excluding steroid dienone is 4. The van der Waals surface area contributed by atoms with Crippen molar-refractivity contribution >= 4 is 16.9 Å². The van der Waals surface area contributed by atoms with Crippen molar-refractivity contribution in [3.8, 4) is 0 Å². The molecule has 0 atom stereocenters. The van der Waals surface area contributed by atoms with E-state index in [-0.39, 0.29) is 17.2 Å². The number of nitrogens with zero attached hydrogens (tertiary/aromatic N) is 1. The van der Waals surface area contributed by atoms with Crippen LogP contribution >= 0.6 is 0 Å². The second kappa shape index (κ2) is 4.60. The summed E-state index contributed by atoms with van der Waals surface area (Å²) in [6.07, 6.45) is 4.51. The fraction of sp³-hybridized carbons (Fsp3) is 0.231. The standard InChI is InChI=1S/C13H13FN2O2/c1-8-6-9(7-12(13(8)15)16(17)18)10-4-2-3-5-11(10)14/h2,4,6-7H,3,5,15H2,1H3. The van der Waals surface area contributed by atoms with Gasteiger partial charge in [0.25, 0.3) is 5.69 Å². The number of halogens is 1. The van der Waals surface area contributed by atoms with Gasteiger partial charge in [-0.1, -0.05) is 12.2 Å². The molecule has 0 fully saturated rings. The van der Waals surface area contributed by atoms with Crippen LogP contribution in [0.2, 0.25) is 0 Å². The highest BCUT2D eigenvalue weighted by Crippen LogP contribution is 2.34. The average Bonchev–Trinajstić information content (AvgIpc) is 2.33. The first kappa shape index (κ1) is 12.3. The summed E-state index contributed by atoms with van der Waals surface area (Å²) in [6.45, 7) is 1.68. The van der Waals surface area contributed by atoms with Gasteiger partial charge in [0.15, 0.2) is 0 Å². The maximum absolute atomic E-state index is 13.7. The number of anilines is 1. The third-order valence-electron chi connectivity index (χ3n) is 2.98. The molecule has 18 heavy (non-hydrogen) atoms. The van der Waals surface area contributed by atoms with Gasteiger partial charge in [0.1, 0.15) is 11.5 Å². The number of nitro groups is 1. The van der Waals surface area contributed by atoms with E-state index in [4.69, 9.17) is 5.73 Å². The number of nitrogens with two attached hydrogens (primary N) is 1. The highest BCUT2D eigenvalue weighted by Gasteiger charge is 2.18. The van der Waals surface area contributed by atoms with Crippen molar-refractivity contribution in [1.82, 2.24) is 0 Å². The van der Waals surface area contributed by atoms with Gasteiger partial charge in [-0.05, 0) is 30.5 Å². The second-order valence-electron chi connectivity index (χ2n) is 4.24. The zero-order valence-corrected chi connectivity index (χ0v) is 9.94. The number of benzene rings is 1. The van der Waals surface area contributed by atoms with Gasteiger partial charge >= 0.3 is 0 Å². The number of nitro benzene ring substituents is 1. The summed E-state index contributed by atoms with van der Waals surface area (Å²) in [5.74, 6) is -0.240. The highest BCUT2D eigenvalue weighted by molar-refractivity contribution is 5.80. The Morgan fingerprint density at radius 3 is 2.78 bits per heavy atom. The van der Waals surface area contributed by atoms with Crippen molar-refractivity contribution in [2.24, 2.45) is 0 Å². The Balaban J connectivity index is 2.60. The molecule has 4 nitrogen and oxygen atoms in total. The molecular weight excluding hydrogens is 235 g/mol. The van der Waals surface area contributed by atoms with E-state index < -0.39 is 4.92 Å². The Bertz CT molecular complexity index is 577. The van der Waals surface area contributed by atoms with E-state index in [1.54, 1.807) is 19.1 Å². The first-order valence-electron chi connectivity index (χ1n) is 5.60. The lowest BCUT2D eigenvalue weighted by molar-refractivity contribution is -0.383. The van der Waals surface area contributed by atoms with Crippen LogP contribution in [0.3, 0.4) is 0 Å². The van der Waals surface area contributed by atoms with Gasteiger partial charge in [0, 0.05) is 18.1 Å². The molecule has 0 saturated carbocycles. The Morgan fingerprint density at radius 1 is 1.44 bits per heavy atom. The molecule has 1 aromatic rings. The van der Waals surface area contributed by atoms with Crippen LogP contribution in [0, 0.1) is 17.0 Å². The molecule has 0 spiro atoms. The van der Waals surface area contributed by atoms with Crippen molar-refractivity contribution in [1.29, 1.82) is 0 Å². The lowest BCUT2D eigenvalue weighted by Gasteiger charge is -2.11. The third kappa shape index (κ3) is 2.11. The van der Waals surface area contributed by atoms with Crippen LogP contribution < -0.4 is 5.73 Å². The van der Waals surface area contributed by atoms with E-state index in [0.29, 0.717) is 29.5 Å². The molecule has 2 N–H and O–H groups in total. The average molecular weight is 248 g/mol. The van der Waals surface area contributed by atoms with Gasteiger partial charge in [0.2, 0.25) is 0 Å². The molecule has 0 radical (unpaired) electrons. The molecule has 0 heterocycles. The van der Waals surface area contributed by atoms with Crippen molar-refractivity contribution in [3.05, 3.63) is 51.4 Å². The number of hydrogen-bond donors (Lipinski definition) is 1. The van der Waals surface area contributed by atoms with Crippen molar-refractivity contribution in [2.75, 3.05) is 5.73 Å². The summed E-state index contributed by atoms with van der Waals surface area (Å²) < 4.78 is 13.7. The van der Waals surface area contributed by atoms with E-state index in [1.165, 1.54) is 6.07 Å². The van der Waals surface area contributed by atoms with Gasteiger partial charge < -0.3 is 5.73 Å². The van der Waals surface area contributed by atoms with Gasteiger partial charge in [-0.15, -0.1) is 0 Å². The molecule has 0 unspecified atom stereocenters. The zero-order valence-electron chi connectivity index (χ0n) is 9.94. The normalized spacial score (nSPS) is 15.0. The monoisotopic (exact) mass is 248 g/mol. The molecule has 0 bridgehead atoms. The maximum atomic E-state index is 13.7. The number of hydrogen-bond acceptors (Lipinski definition) is 3. The summed E-state index contributed by atoms with van der Waals surface area (Å²) in [4.78, 5) is 10.3. The topological polar surface area (TPSA) is 69.2 Å². The minimum Gasteiger partial charge on any atom is -0.393 e. The summed E-state index contributed by atoms with van der Waals surface area (Å²) in [5, 5.41) is 10.9. The summed E-state index contributed by atoms with van der Waals surface area (Å²) in [7, 11) is 0. The summed E-state index contributed by atoms with van der Waals surface area (Å²) in [5.41, 5.74) is 7.09. The predicted molar refractivity (Wildman–Crippen MR) is 68.6 cm³/mol. The van der Waals surface area contributed by atoms with Gasteiger partial charge in [-0.25, -0.2) is 4.39 Å². The number of nitrogen functional groups attached to an aromatic ring is 1. The number of rotatable bonds is 2. The quantitative estimate of drug-likeness (QED) is 0.494. The van der Waals surface area contributed by atoms with Crippen LogP contribution in [-0.4, -0.2) is 4.92 Å². The van der Waals surface area contributed by atoms with Crippen molar-refractivity contribution in [2.45, 2.75) is 19.8 Å². The van der Waals surface area contributed by atoms with Crippen LogP contribution in [0.5, 0.6) is 0 Å². The fourth-order valence-electron chi connectivity index (χ4n) is 1.98. The van der Waals surface area contributed by atoms with Crippen LogP contribution in [0.25, 0.3) is 5.57 Å². The molecule has 0 aliphatic heterocycles. The highest BCUT2D eigenvalue weighted by atomic mass is 19.1.